The van der Waals surface area contributed by atoms with Gasteiger partial charge in [-0.2, -0.15) is 12.7 Å². The lowest BCUT2D eigenvalue weighted by molar-refractivity contribution is -0.140. The third kappa shape index (κ3) is 7.25. The number of benzene rings is 2. The van der Waals surface area contributed by atoms with Crippen molar-refractivity contribution in [1.82, 2.24) is 14.5 Å². The van der Waals surface area contributed by atoms with Crippen molar-refractivity contribution in [3.05, 3.63) is 65.5 Å². The van der Waals surface area contributed by atoms with Crippen molar-refractivity contribution in [3.63, 3.8) is 0 Å². The van der Waals surface area contributed by atoms with E-state index in [9.17, 15) is 22.4 Å². The predicted molar refractivity (Wildman–Crippen MR) is 135 cm³/mol. The highest BCUT2D eigenvalue weighted by Crippen LogP contribution is 2.24. The molecule has 2 aromatic rings. The van der Waals surface area contributed by atoms with Crippen LogP contribution in [-0.2, 0) is 26.3 Å². The second-order valence-electron chi connectivity index (χ2n) is 8.47. The Hall–Kier alpha value is -2.98. The molecule has 10 heteroatoms. The summed E-state index contributed by atoms with van der Waals surface area (Å²) < 4.78 is 42.5. The first-order valence-corrected chi connectivity index (χ1v) is 13.0. The van der Waals surface area contributed by atoms with E-state index in [0.717, 1.165) is 32.2 Å². The summed E-state index contributed by atoms with van der Waals surface area (Å²) in [5.41, 5.74) is 1.54. The number of rotatable bonds is 12. The van der Waals surface area contributed by atoms with Crippen LogP contribution in [0.15, 0.2) is 48.5 Å². The predicted octanol–water partition coefficient (Wildman–Crippen LogP) is 3.08. The van der Waals surface area contributed by atoms with Gasteiger partial charge in [0.15, 0.2) is 0 Å². The molecule has 0 saturated carbocycles. The van der Waals surface area contributed by atoms with Gasteiger partial charge in [0.1, 0.15) is 18.4 Å². The maximum Gasteiger partial charge on any atom is 0.304 e. The van der Waals surface area contributed by atoms with Gasteiger partial charge in [-0.25, -0.2) is 8.70 Å². The number of carbonyl (C=O) groups excluding carboxylic acids is 2. The third-order valence-corrected chi connectivity index (χ3v) is 7.32. The lowest BCUT2D eigenvalue weighted by Crippen LogP contribution is -2.53. The molecule has 0 fully saturated rings. The number of aryl methyl sites for hydroxylation is 1. The van der Waals surface area contributed by atoms with E-state index in [2.05, 4.69) is 5.32 Å². The summed E-state index contributed by atoms with van der Waals surface area (Å²) in [7, 11) is -1.59. The van der Waals surface area contributed by atoms with Crippen molar-refractivity contribution < 1.29 is 22.4 Å². The van der Waals surface area contributed by atoms with Gasteiger partial charge in [0, 0.05) is 27.2 Å². The first-order valence-electron chi connectivity index (χ1n) is 11.6. The molecule has 0 bridgehead atoms. The zero-order valence-corrected chi connectivity index (χ0v) is 21.8. The largest absolute Gasteiger partial charge is 0.354 e. The molecule has 0 aliphatic rings. The van der Waals surface area contributed by atoms with E-state index in [1.54, 1.807) is 6.92 Å². The number of amides is 2. The Morgan fingerprint density at radius 2 is 1.74 bits per heavy atom. The Labute approximate surface area is 207 Å². The molecule has 2 rings (SSSR count). The quantitative estimate of drug-likeness (QED) is 0.479. The van der Waals surface area contributed by atoms with Crippen molar-refractivity contribution >= 4 is 27.7 Å². The van der Waals surface area contributed by atoms with Crippen LogP contribution in [0.25, 0.3) is 0 Å². The van der Waals surface area contributed by atoms with Gasteiger partial charge in [0.25, 0.3) is 0 Å². The van der Waals surface area contributed by atoms with Crippen molar-refractivity contribution in [2.45, 2.75) is 46.2 Å². The first-order chi connectivity index (χ1) is 16.5. The monoisotopic (exact) mass is 506 g/mol. The zero-order chi connectivity index (χ0) is 26.2. The third-order valence-electron chi connectivity index (χ3n) is 5.51. The summed E-state index contributed by atoms with van der Waals surface area (Å²) in [5.74, 6) is -1.70. The highest BCUT2D eigenvalue weighted by atomic mass is 32.2. The van der Waals surface area contributed by atoms with Gasteiger partial charge >= 0.3 is 10.2 Å². The summed E-state index contributed by atoms with van der Waals surface area (Å²) in [5, 5.41) is 2.83. The zero-order valence-electron chi connectivity index (χ0n) is 21.0. The van der Waals surface area contributed by atoms with Gasteiger partial charge in [0.2, 0.25) is 11.8 Å². The molecule has 0 heterocycles. The number of nitrogens with one attached hydrogen (secondary N) is 1. The molecule has 2 aromatic carbocycles. The lowest BCUT2D eigenvalue weighted by atomic mass is 10.1. The fourth-order valence-corrected chi connectivity index (χ4v) is 4.71. The second-order valence-corrected chi connectivity index (χ2v) is 10.5. The highest BCUT2D eigenvalue weighted by Gasteiger charge is 2.34. The SMILES string of the molecule is CCCNC(=O)[C@@H](CC)N(Cc1cccc(C)c1)C(=O)CN(c1ccccc1F)S(=O)(=O)N(C)C. The summed E-state index contributed by atoms with van der Waals surface area (Å²) in [6, 6.07) is 12.1. The fourth-order valence-electron chi connectivity index (χ4n) is 3.65. The number of hydrogen-bond donors (Lipinski definition) is 1. The van der Waals surface area contributed by atoms with Gasteiger partial charge < -0.3 is 10.2 Å². The Kier molecular flexibility index (Phi) is 10.2. The van der Waals surface area contributed by atoms with Crippen LogP contribution in [0.3, 0.4) is 0 Å². The van der Waals surface area contributed by atoms with Crippen LogP contribution in [0.5, 0.6) is 0 Å². The second kappa shape index (κ2) is 12.6. The molecule has 0 unspecified atom stereocenters. The summed E-state index contributed by atoms with van der Waals surface area (Å²) in [4.78, 5) is 28.0. The highest BCUT2D eigenvalue weighted by molar-refractivity contribution is 7.90. The Bertz CT molecular complexity index is 1120. The molecule has 0 aliphatic carbocycles. The molecule has 192 valence electrons. The van der Waals surface area contributed by atoms with Crippen LogP contribution in [0.2, 0.25) is 0 Å². The van der Waals surface area contributed by atoms with Crippen LogP contribution in [0.1, 0.15) is 37.8 Å². The van der Waals surface area contributed by atoms with Crippen molar-refractivity contribution in [1.29, 1.82) is 0 Å². The van der Waals surface area contributed by atoms with E-state index < -0.39 is 34.5 Å². The molecule has 2 amide bonds. The average molecular weight is 507 g/mol. The summed E-state index contributed by atoms with van der Waals surface area (Å²) in [6.45, 7) is 5.53. The molecule has 0 aromatic heterocycles. The lowest BCUT2D eigenvalue weighted by Gasteiger charge is -2.34. The average Bonchev–Trinajstić information content (AvgIpc) is 2.81. The summed E-state index contributed by atoms with van der Waals surface area (Å²) in [6.07, 6.45) is 1.06. The maximum atomic E-state index is 14.7. The smallest absolute Gasteiger partial charge is 0.304 e. The van der Waals surface area contributed by atoms with E-state index in [1.165, 1.54) is 37.2 Å². The molecular weight excluding hydrogens is 471 g/mol. The molecule has 0 saturated heterocycles. The van der Waals surface area contributed by atoms with Crippen LogP contribution in [-0.4, -0.2) is 62.7 Å². The Morgan fingerprint density at radius 3 is 2.31 bits per heavy atom. The molecular formula is C25H35FN4O4S. The number of halogens is 1. The van der Waals surface area contributed by atoms with Gasteiger partial charge in [-0.15, -0.1) is 0 Å². The topological polar surface area (TPSA) is 90.0 Å². The van der Waals surface area contributed by atoms with Crippen molar-refractivity contribution in [2.24, 2.45) is 0 Å². The molecule has 8 nitrogen and oxygen atoms in total. The Morgan fingerprint density at radius 1 is 1.06 bits per heavy atom. The van der Waals surface area contributed by atoms with Crippen LogP contribution >= 0.6 is 0 Å². The molecule has 0 spiro atoms. The number of hydrogen-bond acceptors (Lipinski definition) is 4. The van der Waals surface area contributed by atoms with E-state index in [4.69, 9.17) is 0 Å². The fraction of sp³-hybridized carbons (Fsp3) is 0.440. The molecule has 0 aliphatic heterocycles. The standard InChI is InChI=1S/C25H35FN4O4S/c1-6-15-27-25(32)22(7-2)29(17-20-12-10-11-19(3)16-20)24(31)18-30(35(33,34)28(4)5)23-14-9-8-13-21(23)26/h8-14,16,22H,6-7,15,17-18H2,1-5H3,(H,27,32)/t22-/m1/s1. The molecule has 35 heavy (non-hydrogen) atoms. The Balaban J connectivity index is 2.50. The van der Waals surface area contributed by atoms with Crippen molar-refractivity contribution in [3.8, 4) is 0 Å². The minimum absolute atomic E-state index is 0.103. The maximum absolute atomic E-state index is 14.7. The van der Waals surface area contributed by atoms with E-state index in [0.29, 0.717) is 13.0 Å². The number of carbonyl (C=O) groups is 2. The molecule has 1 atom stereocenters. The van der Waals surface area contributed by atoms with Gasteiger partial charge in [-0.3, -0.25) is 9.59 Å². The minimum atomic E-state index is -4.21. The van der Waals surface area contributed by atoms with Gasteiger partial charge in [-0.05, 0) is 37.5 Å². The molecule has 0 radical (unpaired) electrons. The number of anilines is 1. The van der Waals surface area contributed by atoms with E-state index in [-0.39, 0.29) is 18.1 Å². The van der Waals surface area contributed by atoms with E-state index >= 15 is 0 Å². The first kappa shape index (κ1) is 28.3. The van der Waals surface area contributed by atoms with Gasteiger partial charge in [-0.1, -0.05) is 55.8 Å². The minimum Gasteiger partial charge on any atom is -0.354 e. The molecule has 1 N–H and O–H groups in total. The van der Waals surface area contributed by atoms with Crippen LogP contribution in [0.4, 0.5) is 10.1 Å². The summed E-state index contributed by atoms with van der Waals surface area (Å²) >= 11 is 0. The number of nitrogens with zero attached hydrogens (tertiary/aromatic N) is 3. The van der Waals surface area contributed by atoms with E-state index in [1.807, 2.05) is 38.1 Å². The van der Waals surface area contributed by atoms with Crippen LogP contribution < -0.4 is 9.62 Å². The number of para-hydroxylation sites is 1. The van der Waals surface area contributed by atoms with Gasteiger partial charge in [0.05, 0.1) is 5.69 Å². The van der Waals surface area contributed by atoms with Crippen molar-refractivity contribution in [2.75, 3.05) is 31.5 Å². The van der Waals surface area contributed by atoms with Crippen LogP contribution in [0, 0.1) is 12.7 Å². The normalized spacial score (nSPS) is 12.3.